The predicted octanol–water partition coefficient (Wildman–Crippen LogP) is 4.12. The lowest BCUT2D eigenvalue weighted by atomic mass is 10.2. The van der Waals surface area contributed by atoms with Crippen LogP contribution in [0.2, 0.25) is 0 Å². The minimum Gasteiger partial charge on any atom is -0.497 e. The van der Waals surface area contributed by atoms with Crippen molar-refractivity contribution in [2.75, 3.05) is 12.8 Å². The monoisotopic (exact) mass is 390 g/mol. The zero-order valence-corrected chi connectivity index (χ0v) is 16.5. The molecule has 0 aliphatic carbocycles. The van der Waals surface area contributed by atoms with Crippen molar-refractivity contribution < 1.29 is 14.3 Å². The molecule has 0 radical (unpaired) electrons. The Labute approximate surface area is 168 Å². The molecule has 2 heterocycles. The zero-order chi connectivity index (χ0) is 20.5. The third kappa shape index (κ3) is 3.24. The average molecular weight is 390 g/mol. The maximum absolute atomic E-state index is 12.9. The van der Waals surface area contributed by atoms with Gasteiger partial charge >= 0.3 is 5.97 Å². The van der Waals surface area contributed by atoms with Gasteiger partial charge in [0.15, 0.2) is 5.65 Å². The lowest BCUT2D eigenvalue weighted by Gasteiger charge is -2.11. The van der Waals surface area contributed by atoms with Crippen LogP contribution in [0.4, 0.5) is 5.82 Å². The zero-order valence-electron chi connectivity index (χ0n) is 16.5. The fourth-order valence-corrected chi connectivity index (χ4v) is 3.20. The Morgan fingerprint density at radius 3 is 2.55 bits per heavy atom. The van der Waals surface area contributed by atoms with Crippen molar-refractivity contribution in [3.8, 4) is 11.4 Å². The van der Waals surface area contributed by atoms with Gasteiger partial charge in [-0.3, -0.25) is 4.57 Å². The molecule has 7 nitrogen and oxygen atoms in total. The number of nitrogens with zero attached hydrogens (tertiary/aromatic N) is 3. The number of methoxy groups -OCH3 is 1. The summed E-state index contributed by atoms with van der Waals surface area (Å²) in [6, 6.07) is 14.9. The van der Waals surface area contributed by atoms with Gasteiger partial charge in [-0.05, 0) is 37.6 Å². The summed E-state index contributed by atoms with van der Waals surface area (Å²) < 4.78 is 12.6. The molecule has 0 aliphatic heterocycles. The summed E-state index contributed by atoms with van der Waals surface area (Å²) in [5.41, 5.74) is 9.70. The Morgan fingerprint density at radius 1 is 1.14 bits per heavy atom. The number of aromatic nitrogens is 3. The van der Waals surface area contributed by atoms with Crippen molar-refractivity contribution in [1.82, 2.24) is 14.5 Å². The van der Waals surface area contributed by atoms with Crippen LogP contribution >= 0.6 is 0 Å². The number of fused-ring (bicyclic) bond motifs is 2. The normalized spacial score (nSPS) is 12.2. The number of hydrogen-bond acceptors (Lipinski definition) is 6. The minimum atomic E-state index is -0.506. The molecule has 0 spiro atoms. The number of hydrogen-bond donors (Lipinski definition) is 1. The summed E-state index contributed by atoms with van der Waals surface area (Å²) in [7, 11) is 1.60. The summed E-state index contributed by atoms with van der Waals surface area (Å²) in [6.45, 7) is 3.80. The highest BCUT2D eigenvalue weighted by molar-refractivity contribution is 6.09. The van der Waals surface area contributed by atoms with Gasteiger partial charge in [-0.15, -0.1) is 0 Å². The van der Waals surface area contributed by atoms with Crippen LogP contribution in [0.1, 0.15) is 30.6 Å². The largest absolute Gasteiger partial charge is 0.497 e. The van der Waals surface area contributed by atoms with Gasteiger partial charge in [-0.25, -0.2) is 14.8 Å². The predicted molar refractivity (Wildman–Crippen MR) is 113 cm³/mol. The molecule has 0 fully saturated rings. The summed E-state index contributed by atoms with van der Waals surface area (Å²) in [4.78, 5) is 22.4. The van der Waals surface area contributed by atoms with Crippen LogP contribution in [0.3, 0.4) is 0 Å². The first-order chi connectivity index (χ1) is 14.0. The second kappa shape index (κ2) is 7.43. The van der Waals surface area contributed by atoms with Crippen LogP contribution in [0.25, 0.3) is 27.9 Å². The first-order valence-electron chi connectivity index (χ1n) is 9.45. The highest BCUT2D eigenvalue weighted by atomic mass is 16.5. The van der Waals surface area contributed by atoms with E-state index in [-0.39, 0.29) is 17.5 Å². The number of nitrogens with two attached hydrogens (primary N) is 1. The first-order valence-corrected chi connectivity index (χ1v) is 9.45. The van der Waals surface area contributed by atoms with Gasteiger partial charge in [0.2, 0.25) is 0 Å². The molecular weight excluding hydrogens is 368 g/mol. The standard InChI is InChI=1S/C22H22N4O3/c1-4-13(2)29-22(27)18-19-21(25-17-11-6-5-10-16(17)24-19)26(20(18)23)14-8-7-9-15(12-14)28-3/h5-13H,4,23H2,1-3H3. The van der Waals surface area contributed by atoms with E-state index in [1.165, 1.54) is 0 Å². The van der Waals surface area contributed by atoms with Gasteiger partial charge in [0.1, 0.15) is 22.6 Å². The smallest absolute Gasteiger partial charge is 0.344 e. The molecule has 0 saturated carbocycles. The third-order valence-corrected chi connectivity index (χ3v) is 4.90. The maximum Gasteiger partial charge on any atom is 0.344 e. The number of carbonyl (C=O) groups excluding carboxylic acids is 1. The number of rotatable bonds is 5. The van der Waals surface area contributed by atoms with Crippen molar-refractivity contribution in [3.63, 3.8) is 0 Å². The fraction of sp³-hybridized carbons (Fsp3) is 0.227. The van der Waals surface area contributed by atoms with E-state index < -0.39 is 5.97 Å². The second-order valence-electron chi connectivity index (χ2n) is 6.81. The van der Waals surface area contributed by atoms with Crippen LogP contribution < -0.4 is 10.5 Å². The van der Waals surface area contributed by atoms with Gasteiger partial charge < -0.3 is 15.2 Å². The highest BCUT2D eigenvalue weighted by Gasteiger charge is 2.26. The third-order valence-electron chi connectivity index (χ3n) is 4.90. The molecule has 148 valence electrons. The average Bonchev–Trinajstić information content (AvgIpc) is 3.02. The van der Waals surface area contributed by atoms with Gasteiger partial charge in [0, 0.05) is 6.07 Å². The van der Waals surface area contributed by atoms with Crippen molar-refractivity contribution in [1.29, 1.82) is 0 Å². The number of carbonyl (C=O) groups is 1. The Balaban J connectivity index is 2.02. The Bertz CT molecular complexity index is 1220. The van der Waals surface area contributed by atoms with Gasteiger partial charge in [-0.1, -0.05) is 25.1 Å². The van der Waals surface area contributed by atoms with E-state index in [2.05, 4.69) is 4.98 Å². The molecule has 1 atom stereocenters. The van der Waals surface area contributed by atoms with Gasteiger partial charge in [0.05, 0.1) is 29.9 Å². The SMILES string of the molecule is CCC(C)OC(=O)c1c(N)n(-c2cccc(OC)c2)c2nc3ccccc3nc12. The molecule has 2 aromatic heterocycles. The van der Waals surface area contributed by atoms with Gasteiger partial charge in [0.25, 0.3) is 0 Å². The van der Waals surface area contributed by atoms with Crippen LogP contribution in [0, 0.1) is 0 Å². The van der Waals surface area contributed by atoms with E-state index in [0.717, 1.165) is 5.69 Å². The van der Waals surface area contributed by atoms with Crippen molar-refractivity contribution in [2.45, 2.75) is 26.4 Å². The number of esters is 1. The van der Waals surface area contributed by atoms with E-state index in [1.807, 2.05) is 62.4 Å². The topological polar surface area (TPSA) is 92.3 Å². The lowest BCUT2D eigenvalue weighted by Crippen LogP contribution is -2.15. The van der Waals surface area contributed by atoms with Crippen LogP contribution in [-0.2, 0) is 4.74 Å². The molecule has 0 bridgehead atoms. The maximum atomic E-state index is 12.9. The first kappa shape index (κ1) is 18.7. The number of nitrogen functional groups attached to an aromatic ring is 1. The van der Waals surface area contributed by atoms with Crippen LogP contribution in [-0.4, -0.2) is 33.7 Å². The fourth-order valence-electron chi connectivity index (χ4n) is 3.20. The number of ether oxygens (including phenoxy) is 2. The Hall–Kier alpha value is -3.61. The molecule has 0 amide bonds. The quantitative estimate of drug-likeness (QED) is 0.515. The summed E-state index contributed by atoms with van der Waals surface area (Å²) in [5, 5.41) is 0. The van der Waals surface area contributed by atoms with Crippen LogP contribution in [0.15, 0.2) is 48.5 Å². The van der Waals surface area contributed by atoms with Crippen LogP contribution in [0.5, 0.6) is 5.75 Å². The minimum absolute atomic E-state index is 0.223. The Kier molecular flexibility index (Phi) is 4.80. The molecule has 4 rings (SSSR count). The number of para-hydroxylation sites is 2. The molecule has 2 N–H and O–H groups in total. The van der Waals surface area contributed by atoms with E-state index >= 15 is 0 Å². The Morgan fingerprint density at radius 2 is 1.86 bits per heavy atom. The number of anilines is 1. The van der Waals surface area contributed by atoms with Gasteiger partial charge in [-0.2, -0.15) is 0 Å². The molecular formula is C22H22N4O3. The summed E-state index contributed by atoms with van der Waals surface area (Å²) >= 11 is 0. The summed E-state index contributed by atoms with van der Waals surface area (Å²) in [5.74, 6) is 0.395. The molecule has 1 unspecified atom stereocenters. The molecule has 4 aromatic rings. The lowest BCUT2D eigenvalue weighted by molar-refractivity contribution is 0.0338. The summed E-state index contributed by atoms with van der Waals surface area (Å²) in [6.07, 6.45) is 0.472. The van der Waals surface area contributed by atoms with Crippen molar-refractivity contribution in [2.24, 2.45) is 0 Å². The molecule has 0 aliphatic rings. The second-order valence-corrected chi connectivity index (χ2v) is 6.81. The van der Waals surface area contributed by atoms with E-state index in [4.69, 9.17) is 20.2 Å². The molecule has 2 aromatic carbocycles. The van der Waals surface area contributed by atoms with E-state index in [9.17, 15) is 4.79 Å². The van der Waals surface area contributed by atoms with Crippen molar-refractivity contribution in [3.05, 3.63) is 54.1 Å². The van der Waals surface area contributed by atoms with E-state index in [0.29, 0.717) is 34.4 Å². The molecule has 0 saturated heterocycles. The van der Waals surface area contributed by atoms with Crippen molar-refractivity contribution >= 4 is 34.0 Å². The molecule has 29 heavy (non-hydrogen) atoms. The van der Waals surface area contributed by atoms with E-state index in [1.54, 1.807) is 11.7 Å². The number of benzene rings is 2. The highest BCUT2D eigenvalue weighted by Crippen LogP contribution is 2.32. The molecule has 7 heteroatoms.